The predicted octanol–water partition coefficient (Wildman–Crippen LogP) is 1.40. The van der Waals surface area contributed by atoms with Crippen molar-refractivity contribution in [1.29, 1.82) is 0 Å². The van der Waals surface area contributed by atoms with Crippen LogP contribution in [0.15, 0.2) is 0 Å². The van der Waals surface area contributed by atoms with Crippen molar-refractivity contribution in [2.75, 3.05) is 26.3 Å². The summed E-state index contributed by atoms with van der Waals surface area (Å²) in [4.78, 5) is 14.2. The highest BCUT2D eigenvalue weighted by Crippen LogP contribution is 2.11. The summed E-state index contributed by atoms with van der Waals surface area (Å²) in [7, 11) is 0. The lowest BCUT2D eigenvalue weighted by atomic mass is 10.0. The van der Waals surface area contributed by atoms with Crippen molar-refractivity contribution < 1.29 is 14.6 Å². The smallest absolute Gasteiger partial charge is 0.234 e. The first-order valence-corrected chi connectivity index (χ1v) is 8.18. The first-order chi connectivity index (χ1) is 9.92. The number of nitrogens with zero attached hydrogens (tertiary/aromatic N) is 1. The van der Waals surface area contributed by atoms with Gasteiger partial charge in [-0.1, -0.05) is 26.7 Å². The van der Waals surface area contributed by atoms with Gasteiger partial charge in [-0.2, -0.15) is 0 Å². The SMILES string of the molecule is CC(C)CCCC(C)NC(=O)CN1CC(CO)OCC1C. The van der Waals surface area contributed by atoms with Gasteiger partial charge in [0.05, 0.1) is 25.9 Å². The fraction of sp³-hybridized carbons (Fsp3) is 0.938. The van der Waals surface area contributed by atoms with E-state index in [0.717, 1.165) is 18.8 Å². The minimum Gasteiger partial charge on any atom is -0.394 e. The Hall–Kier alpha value is -0.650. The Morgan fingerprint density at radius 3 is 2.71 bits per heavy atom. The first kappa shape index (κ1) is 18.4. The minimum absolute atomic E-state index is 0.0104. The summed E-state index contributed by atoms with van der Waals surface area (Å²) < 4.78 is 5.48. The Morgan fingerprint density at radius 2 is 2.10 bits per heavy atom. The quantitative estimate of drug-likeness (QED) is 0.711. The highest BCUT2D eigenvalue weighted by molar-refractivity contribution is 5.78. The monoisotopic (exact) mass is 300 g/mol. The molecule has 1 amide bonds. The standard InChI is InChI=1S/C16H32N2O3/c1-12(2)6-5-7-13(3)17-16(20)9-18-8-15(10-19)21-11-14(18)4/h12-15,19H,5-11H2,1-4H3,(H,17,20). The third-order valence-corrected chi connectivity index (χ3v) is 4.01. The molecule has 3 unspecified atom stereocenters. The van der Waals surface area contributed by atoms with E-state index in [1.165, 1.54) is 6.42 Å². The van der Waals surface area contributed by atoms with Crippen LogP contribution in [0.5, 0.6) is 0 Å². The number of ether oxygens (including phenoxy) is 1. The van der Waals surface area contributed by atoms with Crippen LogP contribution in [0.3, 0.4) is 0 Å². The number of aliphatic hydroxyl groups is 1. The zero-order valence-corrected chi connectivity index (χ0v) is 14.0. The van der Waals surface area contributed by atoms with Gasteiger partial charge in [0, 0.05) is 18.6 Å². The molecular weight excluding hydrogens is 268 g/mol. The van der Waals surface area contributed by atoms with Gasteiger partial charge >= 0.3 is 0 Å². The summed E-state index contributed by atoms with van der Waals surface area (Å²) >= 11 is 0. The molecule has 1 aliphatic rings. The van der Waals surface area contributed by atoms with Gasteiger partial charge < -0.3 is 15.2 Å². The summed E-state index contributed by atoms with van der Waals surface area (Å²) in [6.45, 7) is 10.1. The van der Waals surface area contributed by atoms with Crippen molar-refractivity contribution in [2.24, 2.45) is 5.92 Å². The average Bonchev–Trinajstić information content (AvgIpc) is 2.40. The molecule has 1 aliphatic heterocycles. The van der Waals surface area contributed by atoms with Crippen LogP contribution in [0.2, 0.25) is 0 Å². The largest absolute Gasteiger partial charge is 0.394 e. The second-order valence-corrected chi connectivity index (χ2v) is 6.71. The normalized spacial score (nSPS) is 25.0. The van der Waals surface area contributed by atoms with E-state index in [4.69, 9.17) is 9.84 Å². The molecule has 2 N–H and O–H groups in total. The Bertz CT molecular complexity index is 310. The number of carbonyl (C=O) groups is 1. The lowest BCUT2D eigenvalue weighted by Crippen LogP contribution is -2.53. The molecule has 1 rings (SSSR count). The van der Waals surface area contributed by atoms with E-state index in [1.54, 1.807) is 0 Å². The number of amides is 1. The number of hydrogen-bond acceptors (Lipinski definition) is 4. The van der Waals surface area contributed by atoms with E-state index < -0.39 is 0 Å². The maximum Gasteiger partial charge on any atom is 0.234 e. The molecule has 0 aromatic rings. The molecule has 0 radical (unpaired) electrons. The van der Waals surface area contributed by atoms with Crippen LogP contribution in [0.1, 0.15) is 47.0 Å². The maximum absolute atomic E-state index is 12.1. The minimum atomic E-state index is -0.169. The summed E-state index contributed by atoms with van der Waals surface area (Å²) in [5.74, 6) is 0.787. The van der Waals surface area contributed by atoms with E-state index in [1.807, 2.05) is 6.92 Å². The van der Waals surface area contributed by atoms with E-state index in [9.17, 15) is 4.79 Å². The van der Waals surface area contributed by atoms with E-state index >= 15 is 0 Å². The van der Waals surface area contributed by atoms with Crippen LogP contribution in [0.4, 0.5) is 0 Å². The Balaban J connectivity index is 2.28. The van der Waals surface area contributed by atoms with Crippen molar-refractivity contribution in [3.05, 3.63) is 0 Å². The fourth-order valence-corrected chi connectivity index (χ4v) is 2.62. The van der Waals surface area contributed by atoms with Gasteiger partial charge in [0.15, 0.2) is 0 Å². The summed E-state index contributed by atoms with van der Waals surface area (Å²) in [6, 6.07) is 0.441. The van der Waals surface area contributed by atoms with Gasteiger partial charge in [0.2, 0.25) is 5.91 Å². The van der Waals surface area contributed by atoms with Crippen LogP contribution < -0.4 is 5.32 Å². The number of carbonyl (C=O) groups excluding carboxylic acids is 1. The lowest BCUT2D eigenvalue weighted by Gasteiger charge is -2.37. The number of rotatable bonds is 8. The molecule has 1 heterocycles. The van der Waals surface area contributed by atoms with Crippen molar-refractivity contribution in [2.45, 2.75) is 65.1 Å². The molecule has 1 saturated heterocycles. The van der Waals surface area contributed by atoms with Gasteiger partial charge in [0.1, 0.15) is 0 Å². The second-order valence-electron chi connectivity index (χ2n) is 6.71. The van der Waals surface area contributed by atoms with E-state index in [-0.39, 0.29) is 30.7 Å². The molecule has 0 aromatic carbocycles. The molecule has 3 atom stereocenters. The molecule has 5 nitrogen and oxygen atoms in total. The molecule has 124 valence electrons. The number of hydrogen-bond donors (Lipinski definition) is 2. The van der Waals surface area contributed by atoms with Crippen LogP contribution in [-0.2, 0) is 9.53 Å². The zero-order chi connectivity index (χ0) is 15.8. The molecule has 0 saturated carbocycles. The third-order valence-electron chi connectivity index (χ3n) is 4.01. The molecule has 0 aromatic heterocycles. The third kappa shape index (κ3) is 7.25. The van der Waals surface area contributed by atoms with Gasteiger partial charge in [0.25, 0.3) is 0 Å². The van der Waals surface area contributed by atoms with Crippen LogP contribution in [0, 0.1) is 5.92 Å². The molecule has 21 heavy (non-hydrogen) atoms. The summed E-state index contributed by atoms with van der Waals surface area (Å²) in [5.41, 5.74) is 0. The van der Waals surface area contributed by atoms with Crippen molar-refractivity contribution in [3.63, 3.8) is 0 Å². The highest BCUT2D eigenvalue weighted by Gasteiger charge is 2.27. The van der Waals surface area contributed by atoms with Crippen molar-refractivity contribution >= 4 is 5.91 Å². The van der Waals surface area contributed by atoms with Gasteiger partial charge in [-0.3, -0.25) is 9.69 Å². The van der Waals surface area contributed by atoms with Crippen LogP contribution in [-0.4, -0.2) is 60.4 Å². The topological polar surface area (TPSA) is 61.8 Å². The fourth-order valence-electron chi connectivity index (χ4n) is 2.62. The molecule has 0 bridgehead atoms. The molecule has 5 heteroatoms. The molecule has 0 spiro atoms. The molecule has 0 aliphatic carbocycles. The number of morpholine rings is 1. The Labute approximate surface area is 129 Å². The predicted molar refractivity (Wildman–Crippen MR) is 84.2 cm³/mol. The van der Waals surface area contributed by atoms with Gasteiger partial charge in [-0.05, 0) is 26.2 Å². The lowest BCUT2D eigenvalue weighted by molar-refractivity contribution is -0.128. The average molecular weight is 300 g/mol. The maximum atomic E-state index is 12.1. The van der Waals surface area contributed by atoms with E-state index in [0.29, 0.717) is 19.7 Å². The van der Waals surface area contributed by atoms with Crippen LogP contribution in [0.25, 0.3) is 0 Å². The van der Waals surface area contributed by atoms with E-state index in [2.05, 4.69) is 31.0 Å². The Kier molecular flexibility index (Phi) is 8.22. The first-order valence-electron chi connectivity index (χ1n) is 8.18. The second kappa shape index (κ2) is 9.38. The van der Waals surface area contributed by atoms with Crippen molar-refractivity contribution in [3.8, 4) is 0 Å². The summed E-state index contributed by atoms with van der Waals surface area (Å²) in [6.07, 6.45) is 3.22. The van der Waals surface area contributed by atoms with Gasteiger partial charge in [-0.15, -0.1) is 0 Å². The number of aliphatic hydroxyl groups excluding tert-OH is 1. The molecule has 1 fully saturated rings. The highest BCUT2D eigenvalue weighted by atomic mass is 16.5. The molecular formula is C16H32N2O3. The zero-order valence-electron chi connectivity index (χ0n) is 14.0. The summed E-state index contributed by atoms with van der Waals surface area (Å²) in [5, 5.41) is 12.2. The van der Waals surface area contributed by atoms with Crippen molar-refractivity contribution in [1.82, 2.24) is 10.2 Å². The number of nitrogens with one attached hydrogen (secondary N) is 1. The van der Waals surface area contributed by atoms with Crippen LogP contribution >= 0.6 is 0 Å². The van der Waals surface area contributed by atoms with Gasteiger partial charge in [-0.25, -0.2) is 0 Å². The Morgan fingerprint density at radius 1 is 1.38 bits per heavy atom.